The number of hydrogen-bond donors (Lipinski definition) is 1. The molecular formula is C13H11BrN2OS. The van der Waals surface area contributed by atoms with Crippen LogP contribution in [-0.2, 0) is 6.42 Å². The maximum atomic E-state index is 6.15. The van der Waals surface area contributed by atoms with Gasteiger partial charge in [-0.1, -0.05) is 12.1 Å². The normalized spacial score (nSPS) is 13.0. The van der Waals surface area contributed by atoms with Crippen LogP contribution in [0.2, 0.25) is 0 Å². The fourth-order valence-electron chi connectivity index (χ4n) is 1.83. The largest absolute Gasteiger partial charge is 0.441 e. The molecule has 2 aromatic heterocycles. The van der Waals surface area contributed by atoms with E-state index < -0.39 is 0 Å². The molecule has 1 unspecified atom stereocenters. The number of rotatable bonds is 3. The number of nitrogens with zero attached hydrogens (tertiary/aromatic N) is 1. The van der Waals surface area contributed by atoms with Gasteiger partial charge >= 0.3 is 0 Å². The summed E-state index contributed by atoms with van der Waals surface area (Å²) in [7, 11) is 0. The number of aromatic nitrogens is 1. The molecule has 0 saturated carbocycles. The third-order valence-corrected chi connectivity index (χ3v) is 4.27. The number of halogens is 1. The minimum atomic E-state index is -0.0828. The first-order valence-electron chi connectivity index (χ1n) is 5.56. The quantitative estimate of drug-likeness (QED) is 0.795. The van der Waals surface area contributed by atoms with Crippen molar-refractivity contribution in [1.82, 2.24) is 4.98 Å². The van der Waals surface area contributed by atoms with Crippen molar-refractivity contribution in [2.75, 3.05) is 0 Å². The number of benzene rings is 1. The number of oxazole rings is 1. The van der Waals surface area contributed by atoms with Crippen molar-refractivity contribution in [2.24, 2.45) is 5.73 Å². The summed E-state index contributed by atoms with van der Waals surface area (Å²) in [4.78, 5) is 4.43. The second-order valence-electron chi connectivity index (χ2n) is 4.07. The Hall–Kier alpha value is -1.17. The second-order valence-corrected chi connectivity index (χ2v) is 6.36. The maximum absolute atomic E-state index is 6.15. The molecule has 92 valence electrons. The smallest absolute Gasteiger partial charge is 0.197 e. The monoisotopic (exact) mass is 322 g/mol. The lowest BCUT2D eigenvalue weighted by molar-refractivity contribution is 0.502. The highest BCUT2D eigenvalue weighted by molar-refractivity contribution is 9.11. The van der Waals surface area contributed by atoms with E-state index in [0.29, 0.717) is 12.3 Å². The van der Waals surface area contributed by atoms with E-state index in [-0.39, 0.29) is 6.04 Å². The predicted molar refractivity (Wildman–Crippen MR) is 76.7 cm³/mol. The fraction of sp³-hybridized carbons (Fsp3) is 0.154. The van der Waals surface area contributed by atoms with Gasteiger partial charge in [0.1, 0.15) is 5.52 Å². The van der Waals surface area contributed by atoms with E-state index in [1.165, 1.54) is 0 Å². The molecule has 0 radical (unpaired) electrons. The molecule has 0 aliphatic heterocycles. The zero-order chi connectivity index (χ0) is 12.5. The Balaban J connectivity index is 1.83. The van der Waals surface area contributed by atoms with E-state index in [9.17, 15) is 0 Å². The summed E-state index contributed by atoms with van der Waals surface area (Å²) in [5.41, 5.74) is 8.95. The van der Waals surface area contributed by atoms with Gasteiger partial charge in [-0.15, -0.1) is 11.3 Å². The molecule has 0 amide bonds. The van der Waals surface area contributed by atoms with Crippen molar-refractivity contribution in [1.29, 1.82) is 0 Å². The van der Waals surface area contributed by atoms with Crippen LogP contribution in [0.4, 0.5) is 0 Å². The van der Waals surface area contributed by atoms with Crippen LogP contribution in [0.1, 0.15) is 17.5 Å². The first-order valence-corrected chi connectivity index (χ1v) is 7.23. The lowest BCUT2D eigenvalue weighted by Crippen LogP contribution is -2.12. The molecule has 5 heteroatoms. The van der Waals surface area contributed by atoms with E-state index in [1.54, 1.807) is 11.3 Å². The van der Waals surface area contributed by atoms with Gasteiger partial charge < -0.3 is 10.2 Å². The van der Waals surface area contributed by atoms with Gasteiger partial charge in [-0.3, -0.25) is 0 Å². The molecule has 2 N–H and O–H groups in total. The highest BCUT2D eigenvalue weighted by atomic mass is 79.9. The standard InChI is InChI=1S/C13H11BrN2OS/c14-12-5-8(7-18-12)9(15)6-13-16-10-3-1-2-4-11(10)17-13/h1-5,7,9H,6,15H2. The SMILES string of the molecule is NC(Cc1nc2ccccc2o1)c1csc(Br)c1. The van der Waals surface area contributed by atoms with E-state index in [2.05, 4.69) is 26.3 Å². The van der Waals surface area contributed by atoms with Gasteiger partial charge in [0.15, 0.2) is 11.5 Å². The van der Waals surface area contributed by atoms with Crippen LogP contribution in [0.5, 0.6) is 0 Å². The summed E-state index contributed by atoms with van der Waals surface area (Å²) in [6.45, 7) is 0. The Morgan fingerprint density at radius 2 is 2.22 bits per heavy atom. The van der Waals surface area contributed by atoms with Crippen LogP contribution in [0.3, 0.4) is 0 Å². The molecule has 0 fully saturated rings. The molecule has 0 aliphatic carbocycles. The van der Waals surface area contributed by atoms with Crippen molar-refractivity contribution in [3.05, 3.63) is 51.0 Å². The minimum Gasteiger partial charge on any atom is -0.441 e. The molecule has 2 heterocycles. The zero-order valence-electron chi connectivity index (χ0n) is 9.47. The third kappa shape index (κ3) is 2.34. The first kappa shape index (κ1) is 11.9. The lowest BCUT2D eigenvalue weighted by atomic mass is 10.1. The van der Waals surface area contributed by atoms with Gasteiger partial charge in [-0.05, 0) is 45.1 Å². The van der Waals surface area contributed by atoms with Crippen LogP contribution in [0.25, 0.3) is 11.1 Å². The van der Waals surface area contributed by atoms with Crippen LogP contribution in [0, 0.1) is 0 Å². The van der Waals surface area contributed by atoms with Crippen molar-refractivity contribution < 1.29 is 4.42 Å². The van der Waals surface area contributed by atoms with Gasteiger partial charge in [0.05, 0.1) is 3.79 Å². The molecular weight excluding hydrogens is 312 g/mol. The summed E-state index contributed by atoms with van der Waals surface area (Å²) < 4.78 is 6.76. The molecule has 3 rings (SSSR count). The topological polar surface area (TPSA) is 52.0 Å². The van der Waals surface area contributed by atoms with Gasteiger partial charge in [-0.25, -0.2) is 4.98 Å². The number of hydrogen-bond acceptors (Lipinski definition) is 4. The van der Waals surface area contributed by atoms with Gasteiger partial charge in [0.25, 0.3) is 0 Å². The second kappa shape index (κ2) is 4.84. The summed E-state index contributed by atoms with van der Waals surface area (Å²) in [6.07, 6.45) is 0.609. The van der Waals surface area contributed by atoms with Gasteiger partial charge in [0.2, 0.25) is 0 Å². The van der Waals surface area contributed by atoms with E-state index in [4.69, 9.17) is 10.2 Å². The number of thiophene rings is 1. The summed E-state index contributed by atoms with van der Waals surface area (Å²) in [5.74, 6) is 0.686. The molecule has 3 aromatic rings. The Labute approximate surface area is 117 Å². The zero-order valence-corrected chi connectivity index (χ0v) is 11.9. The van der Waals surface area contributed by atoms with Crippen molar-refractivity contribution in [2.45, 2.75) is 12.5 Å². The van der Waals surface area contributed by atoms with Gasteiger partial charge in [0, 0.05) is 12.5 Å². The maximum Gasteiger partial charge on any atom is 0.197 e. The highest BCUT2D eigenvalue weighted by Crippen LogP contribution is 2.26. The van der Waals surface area contributed by atoms with Crippen molar-refractivity contribution in [3.8, 4) is 0 Å². The van der Waals surface area contributed by atoms with Gasteiger partial charge in [-0.2, -0.15) is 0 Å². The molecule has 1 atom stereocenters. The molecule has 3 nitrogen and oxygen atoms in total. The molecule has 0 saturated heterocycles. The minimum absolute atomic E-state index is 0.0828. The van der Waals surface area contributed by atoms with Crippen LogP contribution in [-0.4, -0.2) is 4.98 Å². The Bertz CT molecular complexity index is 643. The number of para-hydroxylation sites is 2. The Morgan fingerprint density at radius 3 is 2.94 bits per heavy atom. The average molecular weight is 323 g/mol. The van der Waals surface area contributed by atoms with Crippen molar-refractivity contribution >= 4 is 38.4 Å². The molecule has 1 aromatic carbocycles. The summed E-state index contributed by atoms with van der Waals surface area (Å²) >= 11 is 5.07. The Kier molecular flexibility index (Phi) is 3.20. The molecule has 0 aliphatic rings. The highest BCUT2D eigenvalue weighted by Gasteiger charge is 2.13. The van der Waals surface area contributed by atoms with Crippen LogP contribution in [0.15, 0.2) is 43.9 Å². The van der Waals surface area contributed by atoms with E-state index in [1.807, 2.05) is 30.3 Å². The summed E-state index contributed by atoms with van der Waals surface area (Å²) in [6, 6.07) is 9.70. The fourth-order valence-corrected chi connectivity index (χ4v) is 3.07. The number of nitrogens with two attached hydrogens (primary N) is 1. The lowest BCUT2D eigenvalue weighted by Gasteiger charge is -2.05. The first-order chi connectivity index (χ1) is 8.72. The number of fused-ring (bicyclic) bond motifs is 1. The van der Waals surface area contributed by atoms with Crippen LogP contribution >= 0.6 is 27.3 Å². The molecule has 0 spiro atoms. The third-order valence-electron chi connectivity index (χ3n) is 2.75. The molecule has 0 bridgehead atoms. The predicted octanol–water partition coefficient (Wildman–Crippen LogP) is 3.89. The average Bonchev–Trinajstić information content (AvgIpc) is 2.94. The molecule has 18 heavy (non-hydrogen) atoms. The van der Waals surface area contributed by atoms with Crippen LogP contribution < -0.4 is 5.73 Å². The summed E-state index contributed by atoms with van der Waals surface area (Å²) in [5, 5.41) is 2.05. The Morgan fingerprint density at radius 1 is 1.39 bits per heavy atom. The van der Waals surface area contributed by atoms with E-state index in [0.717, 1.165) is 20.4 Å². The van der Waals surface area contributed by atoms with E-state index >= 15 is 0 Å². The van der Waals surface area contributed by atoms with Crippen molar-refractivity contribution in [3.63, 3.8) is 0 Å².